The standard InChI is InChI=1S/C50H95N3O5/c1-5-9-13-17-19-25-35-47(33-23-15-11-7-3)57-49(55)37-27-21-29-39-52(43-46-44-53(45-51-46)41-31-32-42-54)40-30-22-28-38-50(56)58-48(34-24-16-12-8-4)36-26-20-18-14-10-6-2/h44-45,47-48,54H,5-43H2,1-4H3. The number of esters is 2. The van der Waals surface area contributed by atoms with Crippen LogP contribution in [0.5, 0.6) is 0 Å². The quantitative estimate of drug-likeness (QED) is 0.0518. The van der Waals surface area contributed by atoms with E-state index in [2.05, 4.69) is 43.4 Å². The molecule has 0 amide bonds. The zero-order chi connectivity index (χ0) is 42.2. The third-order valence-corrected chi connectivity index (χ3v) is 11.7. The van der Waals surface area contributed by atoms with E-state index in [1.54, 1.807) is 0 Å². The van der Waals surface area contributed by atoms with Gasteiger partial charge in [-0.05, 0) is 103 Å². The highest BCUT2D eigenvalue weighted by molar-refractivity contribution is 5.69. The van der Waals surface area contributed by atoms with Gasteiger partial charge in [-0.1, -0.05) is 143 Å². The molecule has 58 heavy (non-hydrogen) atoms. The third kappa shape index (κ3) is 32.9. The lowest BCUT2D eigenvalue weighted by Gasteiger charge is -2.22. The van der Waals surface area contributed by atoms with Crippen LogP contribution in [-0.4, -0.2) is 63.4 Å². The lowest BCUT2D eigenvalue weighted by atomic mass is 10.0. The second-order valence-corrected chi connectivity index (χ2v) is 17.5. The minimum Gasteiger partial charge on any atom is -0.462 e. The van der Waals surface area contributed by atoms with Gasteiger partial charge in [0.1, 0.15) is 12.2 Å². The summed E-state index contributed by atoms with van der Waals surface area (Å²) in [5.41, 5.74) is 1.07. The summed E-state index contributed by atoms with van der Waals surface area (Å²) in [7, 11) is 0. The number of hydrogen-bond acceptors (Lipinski definition) is 7. The van der Waals surface area contributed by atoms with Gasteiger partial charge in [-0.3, -0.25) is 14.5 Å². The first-order chi connectivity index (χ1) is 28.4. The number of carbonyl (C=O) groups excluding carboxylic acids is 2. The monoisotopic (exact) mass is 818 g/mol. The fraction of sp³-hybridized carbons (Fsp3) is 0.900. The first-order valence-corrected chi connectivity index (χ1v) is 25.2. The summed E-state index contributed by atoms with van der Waals surface area (Å²) in [6.45, 7) is 12.8. The van der Waals surface area contributed by atoms with E-state index >= 15 is 0 Å². The second kappa shape index (κ2) is 40.5. The van der Waals surface area contributed by atoms with E-state index in [-0.39, 0.29) is 30.8 Å². The predicted molar refractivity (Wildman–Crippen MR) is 244 cm³/mol. The Morgan fingerprint density at radius 1 is 0.552 bits per heavy atom. The third-order valence-electron chi connectivity index (χ3n) is 11.7. The van der Waals surface area contributed by atoms with Crippen molar-refractivity contribution in [1.29, 1.82) is 0 Å². The Kier molecular flexibility index (Phi) is 37.7. The molecule has 0 fully saturated rings. The number of unbranched alkanes of at least 4 members (excludes halogenated alkanes) is 21. The molecule has 1 N–H and O–H groups in total. The summed E-state index contributed by atoms with van der Waals surface area (Å²) in [4.78, 5) is 33.1. The summed E-state index contributed by atoms with van der Waals surface area (Å²) in [5.74, 6) is -0.0300. The normalized spacial score (nSPS) is 12.7. The largest absolute Gasteiger partial charge is 0.462 e. The Hall–Kier alpha value is -1.93. The Morgan fingerprint density at radius 2 is 0.948 bits per heavy atom. The maximum Gasteiger partial charge on any atom is 0.306 e. The molecule has 0 aromatic carbocycles. The van der Waals surface area contributed by atoms with Crippen LogP contribution < -0.4 is 0 Å². The van der Waals surface area contributed by atoms with E-state index in [0.29, 0.717) is 12.8 Å². The van der Waals surface area contributed by atoms with Gasteiger partial charge in [0.2, 0.25) is 0 Å². The molecule has 0 spiro atoms. The van der Waals surface area contributed by atoms with Gasteiger partial charge in [-0.2, -0.15) is 0 Å². The molecule has 2 unspecified atom stereocenters. The van der Waals surface area contributed by atoms with Crippen molar-refractivity contribution in [2.24, 2.45) is 0 Å². The number of hydrogen-bond donors (Lipinski definition) is 1. The Balaban J connectivity index is 2.58. The Bertz CT molecular complexity index is 992. The van der Waals surface area contributed by atoms with Crippen molar-refractivity contribution in [3.05, 3.63) is 18.2 Å². The molecule has 8 heteroatoms. The molecule has 0 aliphatic heterocycles. The van der Waals surface area contributed by atoms with Gasteiger partial charge in [0.25, 0.3) is 0 Å². The summed E-state index contributed by atoms with van der Waals surface area (Å²) in [6.07, 6.45) is 41.8. The fourth-order valence-corrected chi connectivity index (χ4v) is 7.99. The van der Waals surface area contributed by atoms with Crippen LogP contribution >= 0.6 is 0 Å². The number of imidazole rings is 1. The number of ether oxygens (including phenoxy) is 2. The topological polar surface area (TPSA) is 93.9 Å². The van der Waals surface area contributed by atoms with E-state index in [1.807, 2.05) is 6.33 Å². The summed E-state index contributed by atoms with van der Waals surface area (Å²) in [5, 5.41) is 9.18. The van der Waals surface area contributed by atoms with E-state index in [4.69, 9.17) is 14.5 Å². The molecule has 8 nitrogen and oxygen atoms in total. The molecule has 0 bridgehead atoms. The summed E-state index contributed by atoms with van der Waals surface area (Å²) >= 11 is 0. The first kappa shape index (κ1) is 54.1. The van der Waals surface area contributed by atoms with Crippen LogP contribution in [0.4, 0.5) is 0 Å². The molecule has 2 atom stereocenters. The van der Waals surface area contributed by atoms with Gasteiger partial charge in [0, 0.05) is 38.7 Å². The van der Waals surface area contributed by atoms with Crippen LogP contribution in [0, 0.1) is 0 Å². The van der Waals surface area contributed by atoms with Gasteiger partial charge in [0.05, 0.1) is 12.0 Å². The second-order valence-electron chi connectivity index (χ2n) is 17.5. The highest BCUT2D eigenvalue weighted by Crippen LogP contribution is 2.20. The molecule has 1 aromatic rings. The predicted octanol–water partition coefficient (Wildman–Crippen LogP) is 13.8. The summed E-state index contributed by atoms with van der Waals surface area (Å²) < 4.78 is 14.3. The van der Waals surface area contributed by atoms with Gasteiger partial charge in [0.15, 0.2) is 0 Å². The SMILES string of the molecule is CCCCCCCCC(CCCCCC)OC(=O)CCCCCN(CCCCCC(=O)OC(CCCCCC)CCCCCCCC)Cc1cn(CCCCO)cn1. The minimum absolute atomic E-state index is 0.0150. The molecule has 0 radical (unpaired) electrons. The molecule has 0 saturated heterocycles. The van der Waals surface area contributed by atoms with Crippen molar-refractivity contribution in [2.45, 2.75) is 271 Å². The number of aryl methyl sites for hydroxylation is 1. The highest BCUT2D eigenvalue weighted by Gasteiger charge is 2.16. The number of aromatic nitrogens is 2. The van der Waals surface area contributed by atoms with E-state index in [9.17, 15) is 14.7 Å². The molecule has 340 valence electrons. The van der Waals surface area contributed by atoms with Crippen LogP contribution in [-0.2, 0) is 32.2 Å². The molecule has 0 aliphatic carbocycles. The number of aliphatic hydroxyl groups excluding tert-OH is 1. The zero-order valence-electron chi connectivity index (χ0n) is 38.8. The maximum atomic E-state index is 12.9. The smallest absolute Gasteiger partial charge is 0.306 e. The fourth-order valence-electron chi connectivity index (χ4n) is 7.99. The van der Waals surface area contributed by atoms with Crippen molar-refractivity contribution < 1.29 is 24.2 Å². The van der Waals surface area contributed by atoms with E-state index in [0.717, 1.165) is 135 Å². The number of aliphatic hydroxyl groups is 1. The lowest BCUT2D eigenvalue weighted by molar-refractivity contribution is -0.151. The Morgan fingerprint density at radius 3 is 1.38 bits per heavy atom. The molecule has 1 heterocycles. The van der Waals surface area contributed by atoms with E-state index < -0.39 is 0 Å². The van der Waals surface area contributed by atoms with Gasteiger partial charge in [-0.25, -0.2) is 4.98 Å². The molecular formula is C50H95N3O5. The van der Waals surface area contributed by atoms with Crippen LogP contribution in [0.2, 0.25) is 0 Å². The van der Waals surface area contributed by atoms with Crippen LogP contribution in [0.15, 0.2) is 12.5 Å². The summed E-state index contributed by atoms with van der Waals surface area (Å²) in [6, 6.07) is 0. The van der Waals surface area contributed by atoms with Crippen LogP contribution in [0.3, 0.4) is 0 Å². The molecular weight excluding hydrogens is 723 g/mol. The van der Waals surface area contributed by atoms with Gasteiger partial charge >= 0.3 is 11.9 Å². The maximum absolute atomic E-state index is 12.9. The van der Waals surface area contributed by atoms with Crippen molar-refractivity contribution in [2.75, 3.05) is 19.7 Å². The van der Waals surface area contributed by atoms with Crippen molar-refractivity contribution in [3.8, 4) is 0 Å². The molecule has 0 aliphatic rings. The molecule has 0 saturated carbocycles. The number of carbonyl (C=O) groups is 2. The average molecular weight is 818 g/mol. The zero-order valence-corrected chi connectivity index (χ0v) is 38.8. The first-order valence-electron chi connectivity index (χ1n) is 25.2. The lowest BCUT2D eigenvalue weighted by Crippen LogP contribution is -2.26. The van der Waals surface area contributed by atoms with Crippen molar-refractivity contribution >= 4 is 11.9 Å². The van der Waals surface area contributed by atoms with Crippen molar-refractivity contribution in [3.63, 3.8) is 0 Å². The van der Waals surface area contributed by atoms with Gasteiger partial charge < -0.3 is 19.1 Å². The average Bonchev–Trinajstić information content (AvgIpc) is 3.66. The number of rotatable bonds is 44. The minimum atomic E-state index is -0.0150. The number of nitrogens with zero attached hydrogens (tertiary/aromatic N) is 3. The van der Waals surface area contributed by atoms with Crippen LogP contribution in [0.25, 0.3) is 0 Å². The Labute approximate surface area is 358 Å². The van der Waals surface area contributed by atoms with Crippen molar-refractivity contribution in [1.82, 2.24) is 14.5 Å². The molecule has 1 rings (SSSR count). The van der Waals surface area contributed by atoms with Gasteiger partial charge in [-0.15, -0.1) is 0 Å². The molecule has 1 aromatic heterocycles. The highest BCUT2D eigenvalue weighted by atomic mass is 16.5. The van der Waals surface area contributed by atoms with E-state index in [1.165, 1.54) is 103 Å². The van der Waals surface area contributed by atoms with Crippen LogP contribution in [0.1, 0.15) is 252 Å².